The summed E-state index contributed by atoms with van der Waals surface area (Å²) in [5.74, 6) is -0.506. The lowest BCUT2D eigenvalue weighted by Gasteiger charge is -2.00. The summed E-state index contributed by atoms with van der Waals surface area (Å²) in [6.45, 7) is 0. The van der Waals surface area contributed by atoms with E-state index in [-0.39, 0.29) is 5.56 Å². The Morgan fingerprint density at radius 3 is 3.00 bits per heavy atom. The van der Waals surface area contributed by atoms with Crippen LogP contribution < -0.4 is 5.32 Å². The van der Waals surface area contributed by atoms with Crippen molar-refractivity contribution >= 4 is 28.2 Å². The second kappa shape index (κ2) is 5.15. The summed E-state index contributed by atoms with van der Waals surface area (Å²) in [6, 6.07) is 6.98. The van der Waals surface area contributed by atoms with Gasteiger partial charge >= 0.3 is 0 Å². The van der Waals surface area contributed by atoms with Crippen LogP contribution in [0.15, 0.2) is 27.4 Å². The van der Waals surface area contributed by atoms with E-state index in [4.69, 9.17) is 5.26 Å². The maximum Gasteiger partial charge on any atom is 0.206 e. The molecule has 0 aliphatic heterocycles. The van der Waals surface area contributed by atoms with E-state index < -0.39 is 5.82 Å². The molecule has 1 saturated carbocycles. The minimum atomic E-state index is -0.506. The highest BCUT2D eigenvalue weighted by Crippen LogP contribution is 2.35. The van der Waals surface area contributed by atoms with Crippen molar-refractivity contribution in [1.29, 1.82) is 5.26 Å². The van der Waals surface area contributed by atoms with Crippen LogP contribution in [-0.2, 0) is 0 Å². The lowest BCUT2D eigenvalue weighted by atomic mass is 10.2. The fourth-order valence-electron chi connectivity index (χ4n) is 1.50. The van der Waals surface area contributed by atoms with Crippen LogP contribution in [0.3, 0.4) is 0 Å². The molecule has 1 aromatic heterocycles. The van der Waals surface area contributed by atoms with Crippen LogP contribution in [0.2, 0.25) is 0 Å². The number of hydrogen-bond donors (Lipinski definition) is 1. The van der Waals surface area contributed by atoms with Gasteiger partial charge in [0.1, 0.15) is 17.4 Å². The molecule has 7 heteroatoms. The number of halogens is 1. The van der Waals surface area contributed by atoms with Crippen molar-refractivity contribution in [2.24, 2.45) is 0 Å². The van der Waals surface area contributed by atoms with Gasteiger partial charge in [-0.2, -0.15) is 5.26 Å². The van der Waals surface area contributed by atoms with Crippen LogP contribution in [0.5, 0.6) is 0 Å². The van der Waals surface area contributed by atoms with E-state index in [1.54, 1.807) is 12.1 Å². The first-order valence-electron chi connectivity index (χ1n) is 5.73. The molecule has 0 spiro atoms. The van der Waals surface area contributed by atoms with Gasteiger partial charge in [-0.25, -0.2) is 4.39 Å². The van der Waals surface area contributed by atoms with Gasteiger partial charge in [-0.15, -0.1) is 10.2 Å². The number of rotatable bonds is 4. The molecule has 1 aromatic carbocycles. The summed E-state index contributed by atoms with van der Waals surface area (Å²) >= 11 is 2.68. The Morgan fingerprint density at radius 2 is 2.26 bits per heavy atom. The van der Waals surface area contributed by atoms with E-state index in [1.807, 2.05) is 6.07 Å². The first-order valence-corrected chi connectivity index (χ1v) is 7.36. The Hall–Kier alpha value is -1.65. The van der Waals surface area contributed by atoms with Crippen LogP contribution in [0, 0.1) is 17.1 Å². The molecule has 4 nitrogen and oxygen atoms in total. The second-order valence-electron chi connectivity index (χ2n) is 4.12. The Balaban J connectivity index is 1.79. The first-order chi connectivity index (χ1) is 9.26. The summed E-state index contributed by atoms with van der Waals surface area (Å²) in [4.78, 5) is 0.566. The molecule has 1 heterocycles. The van der Waals surface area contributed by atoms with Crippen LogP contribution >= 0.6 is 23.1 Å². The predicted octanol–water partition coefficient (Wildman–Crippen LogP) is 3.27. The van der Waals surface area contributed by atoms with Crippen molar-refractivity contribution in [3.8, 4) is 6.07 Å². The molecule has 1 N–H and O–H groups in total. The van der Waals surface area contributed by atoms with Crippen molar-refractivity contribution in [1.82, 2.24) is 10.2 Å². The van der Waals surface area contributed by atoms with Crippen molar-refractivity contribution < 1.29 is 4.39 Å². The molecule has 1 fully saturated rings. The zero-order valence-corrected chi connectivity index (χ0v) is 11.4. The van der Waals surface area contributed by atoms with E-state index in [2.05, 4.69) is 15.5 Å². The standard InChI is InChI=1S/C12H9FN4S2/c13-9-2-1-3-10(8(9)6-14)18-12-17-16-11(19-12)15-7-4-5-7/h1-3,7H,4-5H2,(H,15,16). The number of benzene rings is 1. The highest BCUT2D eigenvalue weighted by atomic mass is 32.2. The number of nitrogens with one attached hydrogen (secondary N) is 1. The zero-order chi connectivity index (χ0) is 13.2. The van der Waals surface area contributed by atoms with Crippen LogP contribution in [0.25, 0.3) is 0 Å². The fourth-order valence-corrected chi connectivity index (χ4v) is 3.39. The van der Waals surface area contributed by atoms with Crippen LogP contribution in [-0.4, -0.2) is 16.2 Å². The highest BCUT2D eigenvalue weighted by Gasteiger charge is 2.22. The van der Waals surface area contributed by atoms with Gasteiger partial charge in [0.2, 0.25) is 5.13 Å². The lowest BCUT2D eigenvalue weighted by Crippen LogP contribution is -1.99. The fraction of sp³-hybridized carbons (Fsp3) is 0.250. The maximum atomic E-state index is 13.5. The molecule has 19 heavy (non-hydrogen) atoms. The minimum absolute atomic E-state index is 0.0550. The van der Waals surface area contributed by atoms with Gasteiger partial charge in [0.15, 0.2) is 4.34 Å². The molecule has 96 valence electrons. The summed E-state index contributed by atoms with van der Waals surface area (Å²) < 4.78 is 14.2. The Kier molecular flexibility index (Phi) is 3.36. The molecule has 0 amide bonds. The topological polar surface area (TPSA) is 61.6 Å². The number of nitriles is 1. The molecule has 0 bridgehead atoms. The largest absolute Gasteiger partial charge is 0.357 e. The van der Waals surface area contributed by atoms with Crippen LogP contribution in [0.1, 0.15) is 18.4 Å². The van der Waals surface area contributed by atoms with Crippen LogP contribution in [0.4, 0.5) is 9.52 Å². The molecule has 1 aliphatic rings. The van der Waals surface area contributed by atoms with E-state index in [0.717, 1.165) is 5.13 Å². The highest BCUT2D eigenvalue weighted by molar-refractivity contribution is 8.01. The number of nitrogens with zero attached hydrogens (tertiary/aromatic N) is 3. The summed E-state index contributed by atoms with van der Waals surface area (Å²) in [7, 11) is 0. The molecular formula is C12H9FN4S2. The maximum absolute atomic E-state index is 13.5. The van der Waals surface area contributed by atoms with E-state index in [0.29, 0.717) is 15.3 Å². The number of hydrogen-bond acceptors (Lipinski definition) is 6. The van der Waals surface area contributed by atoms with Crippen molar-refractivity contribution in [2.45, 2.75) is 28.1 Å². The molecule has 0 atom stereocenters. The third-order valence-corrected chi connectivity index (χ3v) is 4.56. The normalized spacial score (nSPS) is 14.1. The molecule has 0 saturated heterocycles. The van der Waals surface area contributed by atoms with Crippen molar-refractivity contribution in [2.75, 3.05) is 5.32 Å². The molecular weight excluding hydrogens is 283 g/mol. The molecule has 0 unspecified atom stereocenters. The summed E-state index contributed by atoms with van der Waals surface area (Å²) in [5, 5.41) is 21.1. The van der Waals surface area contributed by atoms with Crippen molar-refractivity contribution in [3.05, 3.63) is 29.6 Å². The molecule has 0 radical (unpaired) electrons. The second-order valence-corrected chi connectivity index (χ2v) is 6.39. The molecule has 2 aromatic rings. The third kappa shape index (κ3) is 2.85. The van der Waals surface area contributed by atoms with E-state index in [9.17, 15) is 4.39 Å². The van der Waals surface area contributed by atoms with Gasteiger partial charge in [-0.05, 0) is 25.0 Å². The summed E-state index contributed by atoms with van der Waals surface area (Å²) in [6.07, 6.45) is 2.34. The Morgan fingerprint density at radius 1 is 1.42 bits per heavy atom. The molecule has 1 aliphatic carbocycles. The summed E-state index contributed by atoms with van der Waals surface area (Å²) in [5.41, 5.74) is 0.0550. The smallest absolute Gasteiger partial charge is 0.206 e. The van der Waals surface area contributed by atoms with Gasteiger partial charge in [0, 0.05) is 10.9 Å². The van der Waals surface area contributed by atoms with Gasteiger partial charge in [0.25, 0.3) is 0 Å². The number of aromatic nitrogens is 2. The molecule has 3 rings (SSSR count). The van der Waals surface area contributed by atoms with Gasteiger partial charge in [-0.3, -0.25) is 0 Å². The van der Waals surface area contributed by atoms with Gasteiger partial charge in [0.05, 0.1) is 0 Å². The quantitative estimate of drug-likeness (QED) is 0.937. The Bertz CT molecular complexity index is 645. The number of anilines is 1. The van der Waals surface area contributed by atoms with Gasteiger partial charge < -0.3 is 5.32 Å². The lowest BCUT2D eigenvalue weighted by molar-refractivity contribution is 0.620. The van der Waals surface area contributed by atoms with Crippen molar-refractivity contribution in [3.63, 3.8) is 0 Å². The van der Waals surface area contributed by atoms with E-state index >= 15 is 0 Å². The first kappa shape index (κ1) is 12.4. The predicted molar refractivity (Wildman–Crippen MR) is 71.8 cm³/mol. The average molecular weight is 292 g/mol. The Labute approximate surface area is 117 Å². The minimum Gasteiger partial charge on any atom is -0.357 e. The van der Waals surface area contributed by atoms with Gasteiger partial charge in [-0.1, -0.05) is 29.2 Å². The average Bonchev–Trinajstić information content (AvgIpc) is 3.09. The monoisotopic (exact) mass is 292 g/mol. The zero-order valence-electron chi connectivity index (χ0n) is 9.76. The SMILES string of the molecule is N#Cc1c(F)cccc1Sc1nnc(NC2CC2)s1. The third-order valence-electron chi connectivity index (χ3n) is 2.60. The van der Waals surface area contributed by atoms with E-state index in [1.165, 1.54) is 42.0 Å².